The fraction of sp³-hybridized carbons (Fsp3) is 0.545. The van der Waals surface area contributed by atoms with Crippen molar-refractivity contribution in [2.24, 2.45) is 4.99 Å². The molecule has 158 valence electrons. The Morgan fingerprint density at radius 2 is 2.07 bits per heavy atom. The van der Waals surface area contributed by atoms with Crippen molar-refractivity contribution in [1.82, 2.24) is 15.2 Å². The van der Waals surface area contributed by atoms with E-state index in [2.05, 4.69) is 15.2 Å². The second-order valence-electron chi connectivity index (χ2n) is 7.30. The van der Waals surface area contributed by atoms with Crippen LogP contribution < -0.4 is 14.8 Å². The van der Waals surface area contributed by atoms with Gasteiger partial charge in [0.25, 0.3) is 0 Å². The molecule has 0 radical (unpaired) electrons. The fourth-order valence-electron chi connectivity index (χ4n) is 3.65. The summed E-state index contributed by atoms with van der Waals surface area (Å²) in [6, 6.07) is 5.90. The number of thiazole rings is 1. The van der Waals surface area contributed by atoms with Gasteiger partial charge in [0.2, 0.25) is 0 Å². The third-order valence-electron chi connectivity index (χ3n) is 5.22. The van der Waals surface area contributed by atoms with Gasteiger partial charge in [-0.3, -0.25) is 4.99 Å². The molecule has 2 aromatic rings. The molecule has 1 aliphatic rings. The summed E-state index contributed by atoms with van der Waals surface area (Å²) < 4.78 is 10.8. The first kappa shape index (κ1) is 21.4. The van der Waals surface area contributed by atoms with Gasteiger partial charge in [0.05, 0.1) is 24.9 Å². The summed E-state index contributed by atoms with van der Waals surface area (Å²) in [5.41, 5.74) is 2.44. The highest BCUT2D eigenvalue weighted by molar-refractivity contribution is 7.11. The third-order valence-corrected chi connectivity index (χ3v) is 6.43. The number of nitrogens with zero attached hydrogens (tertiary/aromatic N) is 3. The van der Waals surface area contributed by atoms with Crippen molar-refractivity contribution < 1.29 is 9.47 Å². The number of aryl methyl sites for hydroxylation is 3. The van der Waals surface area contributed by atoms with Gasteiger partial charge < -0.3 is 19.7 Å². The molecule has 0 saturated carbocycles. The molecule has 1 aromatic carbocycles. The van der Waals surface area contributed by atoms with Crippen LogP contribution in [-0.2, 0) is 25.8 Å². The Morgan fingerprint density at radius 3 is 2.79 bits per heavy atom. The monoisotopic (exact) mass is 416 g/mol. The quantitative estimate of drug-likeness (QED) is 0.404. The van der Waals surface area contributed by atoms with Crippen molar-refractivity contribution in [3.63, 3.8) is 0 Å². The summed E-state index contributed by atoms with van der Waals surface area (Å²) in [5.74, 6) is 2.49. The van der Waals surface area contributed by atoms with Crippen molar-refractivity contribution in [2.75, 3.05) is 34.9 Å². The van der Waals surface area contributed by atoms with Crippen LogP contribution in [0.2, 0.25) is 0 Å². The minimum atomic E-state index is 0.700. The number of fused-ring (bicyclic) bond motifs is 1. The van der Waals surface area contributed by atoms with Gasteiger partial charge in [-0.25, -0.2) is 4.98 Å². The van der Waals surface area contributed by atoms with Crippen LogP contribution in [0.1, 0.15) is 40.4 Å². The molecule has 0 fully saturated rings. The summed E-state index contributed by atoms with van der Waals surface area (Å²) >= 11 is 1.91. The van der Waals surface area contributed by atoms with Crippen molar-refractivity contribution in [3.05, 3.63) is 39.3 Å². The lowest BCUT2D eigenvalue weighted by molar-refractivity contribution is 0.382. The van der Waals surface area contributed by atoms with Crippen molar-refractivity contribution >= 4 is 17.3 Å². The van der Waals surface area contributed by atoms with Crippen LogP contribution >= 0.6 is 11.3 Å². The predicted octanol–water partition coefficient (Wildman–Crippen LogP) is 3.68. The first-order valence-electron chi connectivity index (χ1n) is 10.2. The molecule has 1 aliphatic carbocycles. The molecule has 7 heteroatoms. The van der Waals surface area contributed by atoms with E-state index in [0.717, 1.165) is 48.8 Å². The maximum Gasteiger partial charge on any atom is 0.193 e. The van der Waals surface area contributed by atoms with Crippen molar-refractivity contribution in [2.45, 2.75) is 45.1 Å². The molecule has 6 nitrogen and oxygen atoms in total. The van der Waals surface area contributed by atoms with E-state index in [4.69, 9.17) is 14.5 Å². The highest BCUT2D eigenvalue weighted by atomic mass is 32.1. The number of guanidine groups is 1. The van der Waals surface area contributed by atoms with Gasteiger partial charge in [-0.05, 0) is 44.2 Å². The van der Waals surface area contributed by atoms with E-state index in [9.17, 15) is 0 Å². The number of rotatable bonds is 8. The Morgan fingerprint density at radius 1 is 1.24 bits per heavy atom. The molecule has 0 bridgehead atoms. The number of hydrogen-bond donors (Lipinski definition) is 1. The van der Waals surface area contributed by atoms with Gasteiger partial charge in [-0.2, -0.15) is 0 Å². The number of methoxy groups -OCH3 is 2. The third kappa shape index (κ3) is 5.63. The number of aromatic nitrogens is 1. The van der Waals surface area contributed by atoms with Crippen LogP contribution in [0.25, 0.3) is 0 Å². The normalized spacial score (nSPS) is 13.7. The van der Waals surface area contributed by atoms with Gasteiger partial charge in [0.15, 0.2) is 5.96 Å². The molecule has 1 aromatic heterocycles. The molecule has 1 heterocycles. The zero-order valence-corrected chi connectivity index (χ0v) is 18.8. The minimum absolute atomic E-state index is 0.700. The lowest BCUT2D eigenvalue weighted by Crippen LogP contribution is -2.39. The summed E-state index contributed by atoms with van der Waals surface area (Å²) in [6.45, 7) is 1.58. The SMILES string of the molecule is CN=C(NCCCc1nc2c(s1)CCCC2)N(C)Cc1ccc(OC)cc1OC. The zero-order valence-electron chi connectivity index (χ0n) is 18.0. The number of nitrogens with one attached hydrogen (secondary N) is 1. The lowest BCUT2D eigenvalue weighted by atomic mass is 10.0. The Hall–Kier alpha value is -2.28. The molecule has 0 atom stereocenters. The summed E-state index contributed by atoms with van der Waals surface area (Å²) in [4.78, 5) is 12.9. The lowest BCUT2D eigenvalue weighted by Gasteiger charge is -2.23. The average Bonchev–Trinajstić information content (AvgIpc) is 3.16. The smallest absolute Gasteiger partial charge is 0.193 e. The second kappa shape index (κ2) is 10.5. The molecule has 3 rings (SSSR count). The van der Waals surface area contributed by atoms with Crippen LogP contribution in [-0.4, -0.2) is 50.7 Å². The minimum Gasteiger partial charge on any atom is -0.497 e. The maximum absolute atomic E-state index is 5.51. The van der Waals surface area contributed by atoms with Crippen molar-refractivity contribution in [1.29, 1.82) is 0 Å². The first-order valence-corrected chi connectivity index (χ1v) is 11.1. The predicted molar refractivity (Wildman–Crippen MR) is 119 cm³/mol. The Balaban J connectivity index is 1.49. The standard InChI is InChI=1S/C22H32N4O2S/c1-23-22(26(2)15-16-11-12-17(27-3)14-19(16)28-4)24-13-7-10-21-25-18-8-5-6-9-20(18)29-21/h11-12,14H,5-10,13,15H2,1-4H3,(H,23,24). The molecule has 0 aliphatic heterocycles. The number of benzene rings is 1. The number of ether oxygens (including phenoxy) is 2. The number of aliphatic imine (C=N–C) groups is 1. The van der Waals surface area contributed by atoms with Gasteiger partial charge in [0.1, 0.15) is 11.5 Å². The van der Waals surface area contributed by atoms with Gasteiger partial charge >= 0.3 is 0 Å². The van der Waals surface area contributed by atoms with Gasteiger partial charge in [-0.15, -0.1) is 11.3 Å². The van der Waals surface area contributed by atoms with E-state index < -0.39 is 0 Å². The molecule has 0 spiro atoms. The second-order valence-corrected chi connectivity index (χ2v) is 8.46. The molecular weight excluding hydrogens is 384 g/mol. The van der Waals surface area contributed by atoms with Crippen LogP contribution in [0.15, 0.2) is 23.2 Å². The molecule has 29 heavy (non-hydrogen) atoms. The summed E-state index contributed by atoms with van der Waals surface area (Å²) in [5, 5.41) is 4.75. The van der Waals surface area contributed by atoms with Gasteiger partial charge in [-0.1, -0.05) is 0 Å². The van der Waals surface area contributed by atoms with E-state index in [-0.39, 0.29) is 0 Å². The van der Waals surface area contributed by atoms with E-state index >= 15 is 0 Å². The fourth-order valence-corrected chi connectivity index (χ4v) is 4.85. The molecule has 0 saturated heterocycles. The number of hydrogen-bond acceptors (Lipinski definition) is 5. The van der Waals surface area contributed by atoms with Gasteiger partial charge in [0, 0.05) is 50.1 Å². The van der Waals surface area contributed by atoms with Crippen LogP contribution in [0.4, 0.5) is 0 Å². The highest BCUT2D eigenvalue weighted by Crippen LogP contribution is 2.27. The highest BCUT2D eigenvalue weighted by Gasteiger charge is 2.15. The Labute approximate surface area is 178 Å². The summed E-state index contributed by atoms with van der Waals surface area (Å²) in [7, 11) is 7.20. The molecular formula is C22H32N4O2S. The molecule has 1 N–H and O–H groups in total. The molecule has 0 unspecified atom stereocenters. The van der Waals surface area contributed by atoms with Crippen LogP contribution in [0.5, 0.6) is 11.5 Å². The van der Waals surface area contributed by atoms with E-state index in [1.807, 2.05) is 43.6 Å². The largest absolute Gasteiger partial charge is 0.497 e. The summed E-state index contributed by atoms with van der Waals surface area (Å²) in [6.07, 6.45) is 7.06. The average molecular weight is 417 g/mol. The van der Waals surface area contributed by atoms with E-state index in [1.54, 1.807) is 14.2 Å². The maximum atomic E-state index is 5.51. The van der Waals surface area contributed by atoms with Crippen molar-refractivity contribution in [3.8, 4) is 11.5 Å². The van der Waals surface area contributed by atoms with Crippen LogP contribution in [0, 0.1) is 0 Å². The Kier molecular flexibility index (Phi) is 7.75. The Bertz CT molecular complexity index is 811. The zero-order chi connectivity index (χ0) is 20.6. The van der Waals surface area contributed by atoms with E-state index in [0.29, 0.717) is 6.54 Å². The first-order chi connectivity index (χ1) is 14.1. The topological polar surface area (TPSA) is 59.0 Å². The van der Waals surface area contributed by atoms with Crippen LogP contribution in [0.3, 0.4) is 0 Å². The molecule has 0 amide bonds. The van der Waals surface area contributed by atoms with E-state index in [1.165, 1.54) is 34.8 Å².